The lowest BCUT2D eigenvalue weighted by atomic mass is 10.3. The normalized spacial score (nSPS) is 10.8. The van der Waals surface area contributed by atoms with Crippen LogP contribution in [0.5, 0.6) is 11.6 Å². The molecule has 0 aliphatic heterocycles. The summed E-state index contributed by atoms with van der Waals surface area (Å²) >= 11 is 3.39. The van der Waals surface area contributed by atoms with E-state index in [2.05, 4.69) is 31.0 Å². The summed E-state index contributed by atoms with van der Waals surface area (Å²) in [6.45, 7) is 0. The Morgan fingerprint density at radius 2 is 2.16 bits per heavy atom. The number of anilines is 1. The van der Waals surface area contributed by atoms with Gasteiger partial charge in [0.1, 0.15) is 23.3 Å². The summed E-state index contributed by atoms with van der Waals surface area (Å²) in [7, 11) is 1.78. The van der Waals surface area contributed by atoms with Crippen molar-refractivity contribution in [1.29, 1.82) is 0 Å². The van der Waals surface area contributed by atoms with E-state index in [0.717, 1.165) is 4.47 Å². The van der Waals surface area contributed by atoms with Gasteiger partial charge >= 0.3 is 0 Å². The van der Waals surface area contributed by atoms with Gasteiger partial charge in [0.25, 0.3) is 5.88 Å². The number of ether oxygens (including phenoxy) is 1. The van der Waals surface area contributed by atoms with E-state index in [-0.39, 0.29) is 0 Å². The smallest absolute Gasteiger partial charge is 0.251 e. The van der Waals surface area contributed by atoms with Gasteiger partial charge in [-0.15, -0.1) is 5.10 Å². The second-order valence-electron chi connectivity index (χ2n) is 3.95. The lowest BCUT2D eigenvalue weighted by Gasteiger charge is -2.03. The topological polar surface area (TPSA) is 78.9 Å². The second kappa shape index (κ2) is 4.51. The Morgan fingerprint density at radius 3 is 2.95 bits per heavy atom. The van der Waals surface area contributed by atoms with Crippen LogP contribution in [0.1, 0.15) is 0 Å². The standard InChI is InChI=1S/C12H10BrN5O/c1-18-11-9(10(14)15-6-16-11)12(17-18)19-8-4-2-3-7(13)5-8/h2-6H,1H3,(H2,14,15,16). The second-order valence-corrected chi connectivity index (χ2v) is 4.86. The fourth-order valence-corrected chi connectivity index (χ4v) is 2.17. The summed E-state index contributed by atoms with van der Waals surface area (Å²) < 4.78 is 8.29. The quantitative estimate of drug-likeness (QED) is 0.785. The third-order valence-electron chi connectivity index (χ3n) is 2.63. The minimum atomic E-state index is 0.350. The number of fused-ring (bicyclic) bond motifs is 1. The average molecular weight is 320 g/mol. The molecule has 0 radical (unpaired) electrons. The van der Waals surface area contributed by atoms with Gasteiger partial charge in [-0.25, -0.2) is 14.6 Å². The van der Waals surface area contributed by atoms with Gasteiger partial charge in [-0.2, -0.15) is 0 Å². The van der Waals surface area contributed by atoms with Crippen molar-refractivity contribution in [2.45, 2.75) is 0 Å². The van der Waals surface area contributed by atoms with Crippen LogP contribution >= 0.6 is 15.9 Å². The Labute approximate surface area is 117 Å². The highest BCUT2D eigenvalue weighted by molar-refractivity contribution is 9.10. The van der Waals surface area contributed by atoms with Crippen LogP contribution in [0.2, 0.25) is 0 Å². The maximum absolute atomic E-state index is 5.86. The molecule has 6 nitrogen and oxygen atoms in total. The fourth-order valence-electron chi connectivity index (χ4n) is 1.79. The van der Waals surface area contributed by atoms with Crippen LogP contribution in [0.25, 0.3) is 11.0 Å². The number of benzene rings is 1. The maximum Gasteiger partial charge on any atom is 0.251 e. The van der Waals surface area contributed by atoms with Crippen molar-refractivity contribution in [1.82, 2.24) is 19.7 Å². The number of nitrogens with zero attached hydrogens (tertiary/aromatic N) is 4. The number of nitrogens with two attached hydrogens (primary N) is 1. The first-order valence-electron chi connectivity index (χ1n) is 5.52. The fraction of sp³-hybridized carbons (Fsp3) is 0.0833. The van der Waals surface area contributed by atoms with Gasteiger partial charge in [-0.05, 0) is 18.2 Å². The number of rotatable bonds is 2. The molecule has 7 heteroatoms. The van der Waals surface area contributed by atoms with Crippen LogP contribution in [-0.2, 0) is 7.05 Å². The highest BCUT2D eigenvalue weighted by Gasteiger charge is 2.15. The Bertz CT molecular complexity index is 755. The van der Waals surface area contributed by atoms with E-state index in [1.165, 1.54) is 6.33 Å². The molecule has 3 aromatic rings. The molecular formula is C12H10BrN5O. The van der Waals surface area contributed by atoms with Crippen LogP contribution < -0.4 is 10.5 Å². The molecule has 0 aliphatic carbocycles. The number of nitrogen functional groups attached to an aromatic ring is 1. The maximum atomic E-state index is 5.86. The highest BCUT2D eigenvalue weighted by Crippen LogP contribution is 2.31. The third kappa shape index (κ3) is 2.12. The van der Waals surface area contributed by atoms with E-state index in [4.69, 9.17) is 10.5 Å². The minimum absolute atomic E-state index is 0.350. The monoisotopic (exact) mass is 319 g/mol. The Kier molecular flexibility index (Phi) is 2.83. The van der Waals surface area contributed by atoms with Crippen molar-refractivity contribution < 1.29 is 4.74 Å². The first-order chi connectivity index (χ1) is 9.15. The van der Waals surface area contributed by atoms with Gasteiger partial charge in [-0.3, -0.25) is 0 Å². The van der Waals surface area contributed by atoms with Crippen LogP contribution in [0.3, 0.4) is 0 Å². The number of hydrogen-bond donors (Lipinski definition) is 1. The molecule has 0 amide bonds. The number of hydrogen-bond acceptors (Lipinski definition) is 5. The number of aromatic nitrogens is 4. The van der Waals surface area contributed by atoms with Crippen molar-refractivity contribution in [2.75, 3.05) is 5.73 Å². The Morgan fingerprint density at radius 1 is 1.32 bits per heavy atom. The molecule has 19 heavy (non-hydrogen) atoms. The Balaban J connectivity index is 2.11. The summed E-state index contributed by atoms with van der Waals surface area (Å²) in [5.41, 5.74) is 6.50. The molecular weight excluding hydrogens is 310 g/mol. The molecule has 3 rings (SSSR count). The number of aryl methyl sites for hydroxylation is 1. The average Bonchev–Trinajstić information content (AvgIpc) is 2.68. The summed E-state index contributed by atoms with van der Waals surface area (Å²) in [5.74, 6) is 1.41. The van der Waals surface area contributed by atoms with Gasteiger partial charge in [0.05, 0.1) is 0 Å². The molecule has 2 N–H and O–H groups in total. The summed E-state index contributed by atoms with van der Waals surface area (Å²) in [6, 6.07) is 7.48. The first-order valence-corrected chi connectivity index (χ1v) is 6.31. The van der Waals surface area contributed by atoms with Crippen LogP contribution in [0.4, 0.5) is 5.82 Å². The zero-order valence-electron chi connectivity index (χ0n) is 10.0. The molecule has 2 heterocycles. The van der Waals surface area contributed by atoms with Gasteiger partial charge in [0, 0.05) is 11.5 Å². The number of halogens is 1. The van der Waals surface area contributed by atoms with Crippen molar-refractivity contribution in [2.24, 2.45) is 7.05 Å². The molecule has 0 aliphatic rings. The molecule has 0 fully saturated rings. The molecule has 96 valence electrons. The van der Waals surface area contributed by atoms with Gasteiger partial charge in [-0.1, -0.05) is 22.0 Å². The molecule has 0 saturated carbocycles. The molecule has 0 bridgehead atoms. The van der Waals surface area contributed by atoms with Crippen molar-refractivity contribution in [3.63, 3.8) is 0 Å². The van der Waals surface area contributed by atoms with E-state index < -0.39 is 0 Å². The zero-order valence-corrected chi connectivity index (χ0v) is 11.6. The zero-order chi connectivity index (χ0) is 13.4. The lowest BCUT2D eigenvalue weighted by molar-refractivity contribution is 0.458. The van der Waals surface area contributed by atoms with Crippen LogP contribution in [0.15, 0.2) is 35.1 Å². The minimum Gasteiger partial charge on any atom is -0.437 e. The molecule has 0 spiro atoms. The van der Waals surface area contributed by atoms with Crippen LogP contribution in [-0.4, -0.2) is 19.7 Å². The summed E-state index contributed by atoms with van der Waals surface area (Å²) in [4.78, 5) is 8.11. The van der Waals surface area contributed by atoms with E-state index in [1.54, 1.807) is 11.7 Å². The Hall–Kier alpha value is -2.15. The summed E-state index contributed by atoms with van der Waals surface area (Å²) in [6.07, 6.45) is 1.40. The predicted octanol–water partition coefficient (Wildman–Crippen LogP) is 2.50. The molecule has 0 atom stereocenters. The van der Waals surface area contributed by atoms with Gasteiger partial charge in [0.2, 0.25) is 0 Å². The predicted molar refractivity (Wildman–Crippen MR) is 74.9 cm³/mol. The van der Waals surface area contributed by atoms with Gasteiger partial charge in [0.15, 0.2) is 5.65 Å². The largest absolute Gasteiger partial charge is 0.437 e. The molecule has 2 aromatic heterocycles. The SMILES string of the molecule is Cn1nc(Oc2cccc(Br)c2)c2c(N)ncnc21. The lowest BCUT2D eigenvalue weighted by Crippen LogP contribution is -1.95. The van der Waals surface area contributed by atoms with E-state index in [1.807, 2.05) is 24.3 Å². The highest BCUT2D eigenvalue weighted by atomic mass is 79.9. The first kappa shape index (κ1) is 11.9. The van der Waals surface area contributed by atoms with Crippen molar-refractivity contribution >= 4 is 32.8 Å². The van der Waals surface area contributed by atoms with Crippen molar-refractivity contribution in [3.8, 4) is 11.6 Å². The van der Waals surface area contributed by atoms with Crippen LogP contribution in [0, 0.1) is 0 Å². The molecule has 0 unspecified atom stereocenters. The van der Waals surface area contributed by atoms with Gasteiger partial charge < -0.3 is 10.5 Å². The third-order valence-corrected chi connectivity index (χ3v) is 3.12. The van der Waals surface area contributed by atoms with E-state index in [0.29, 0.717) is 28.5 Å². The van der Waals surface area contributed by atoms with E-state index in [9.17, 15) is 0 Å². The summed E-state index contributed by atoms with van der Waals surface area (Å²) in [5, 5.41) is 4.89. The molecule has 1 aromatic carbocycles. The van der Waals surface area contributed by atoms with E-state index >= 15 is 0 Å². The van der Waals surface area contributed by atoms with Crippen molar-refractivity contribution in [3.05, 3.63) is 35.1 Å². The molecule has 0 saturated heterocycles.